The Bertz CT molecular complexity index is 1080. The molecule has 0 fully saturated rings. The van der Waals surface area contributed by atoms with E-state index in [2.05, 4.69) is 54.6 Å². The number of nitrogens with zero attached hydrogens (tertiary/aromatic N) is 2. The molecule has 0 aliphatic rings. The Hall–Kier alpha value is -2.86. The third-order valence-electron chi connectivity index (χ3n) is 4.77. The molecular formula is C23H26N2O3S. The smallest absolute Gasteiger partial charge is 0.279 e. The highest BCUT2D eigenvalue weighted by Crippen LogP contribution is 2.29. The monoisotopic (exact) mass is 410 g/mol. The maximum atomic E-state index is 12.9. The summed E-state index contributed by atoms with van der Waals surface area (Å²) in [6.45, 7) is 7.01. The SMILES string of the molecule is CCc1sc(=NC(=O)c2ccc(OC)c(OC)c2)n(CC)c1-c1ccc(C)cc1. The maximum absolute atomic E-state index is 12.9. The summed E-state index contributed by atoms with van der Waals surface area (Å²) in [7, 11) is 3.12. The van der Waals surface area contributed by atoms with E-state index in [1.807, 2.05) is 0 Å². The van der Waals surface area contributed by atoms with E-state index in [0.717, 1.165) is 24.2 Å². The van der Waals surface area contributed by atoms with E-state index >= 15 is 0 Å². The average Bonchev–Trinajstić information content (AvgIpc) is 3.10. The lowest BCUT2D eigenvalue weighted by molar-refractivity contribution is 0.0997. The molecule has 3 rings (SSSR count). The van der Waals surface area contributed by atoms with Crippen molar-refractivity contribution >= 4 is 17.2 Å². The van der Waals surface area contributed by atoms with Gasteiger partial charge in [0.25, 0.3) is 5.91 Å². The van der Waals surface area contributed by atoms with Crippen LogP contribution in [-0.4, -0.2) is 24.7 Å². The molecule has 0 aliphatic carbocycles. The molecule has 0 unspecified atom stereocenters. The molecule has 0 atom stereocenters. The van der Waals surface area contributed by atoms with Crippen molar-refractivity contribution in [3.63, 3.8) is 0 Å². The first-order chi connectivity index (χ1) is 14.0. The van der Waals surface area contributed by atoms with Gasteiger partial charge in [-0.3, -0.25) is 4.79 Å². The largest absolute Gasteiger partial charge is 0.493 e. The van der Waals surface area contributed by atoms with Crippen LogP contribution in [0.1, 0.15) is 34.6 Å². The zero-order valence-corrected chi connectivity index (χ0v) is 18.3. The summed E-state index contributed by atoms with van der Waals surface area (Å²) < 4.78 is 12.7. The predicted octanol–water partition coefficient (Wildman–Crippen LogP) is 4.87. The van der Waals surface area contributed by atoms with E-state index in [9.17, 15) is 4.79 Å². The molecule has 0 radical (unpaired) electrons. The molecule has 6 heteroatoms. The van der Waals surface area contributed by atoms with Gasteiger partial charge in [-0.1, -0.05) is 36.8 Å². The third kappa shape index (κ3) is 4.27. The highest BCUT2D eigenvalue weighted by atomic mass is 32.1. The van der Waals surface area contributed by atoms with Gasteiger partial charge in [-0.05, 0) is 44.0 Å². The number of thiazole rings is 1. The highest BCUT2D eigenvalue weighted by molar-refractivity contribution is 7.09. The van der Waals surface area contributed by atoms with Gasteiger partial charge in [-0.15, -0.1) is 11.3 Å². The van der Waals surface area contributed by atoms with E-state index in [0.29, 0.717) is 21.9 Å². The Morgan fingerprint density at radius 2 is 1.72 bits per heavy atom. The van der Waals surface area contributed by atoms with Crippen LogP contribution in [0.3, 0.4) is 0 Å². The van der Waals surface area contributed by atoms with E-state index in [4.69, 9.17) is 9.47 Å². The number of hydrogen-bond acceptors (Lipinski definition) is 4. The molecule has 3 aromatic rings. The van der Waals surface area contributed by atoms with E-state index < -0.39 is 0 Å². The number of amides is 1. The molecule has 152 valence electrons. The van der Waals surface area contributed by atoms with Gasteiger partial charge >= 0.3 is 0 Å². The second-order valence-corrected chi connectivity index (χ2v) is 7.67. The molecule has 0 bridgehead atoms. The lowest BCUT2D eigenvalue weighted by Crippen LogP contribution is -2.17. The number of methoxy groups -OCH3 is 2. The number of ether oxygens (including phenoxy) is 2. The summed E-state index contributed by atoms with van der Waals surface area (Å²) in [6.07, 6.45) is 0.883. The summed E-state index contributed by atoms with van der Waals surface area (Å²) in [4.78, 5) is 19.2. The fourth-order valence-electron chi connectivity index (χ4n) is 3.22. The van der Waals surface area contributed by atoms with Crippen LogP contribution in [0.25, 0.3) is 11.3 Å². The van der Waals surface area contributed by atoms with Crippen molar-refractivity contribution in [3.8, 4) is 22.8 Å². The minimum Gasteiger partial charge on any atom is -0.493 e. The number of aromatic nitrogens is 1. The summed E-state index contributed by atoms with van der Waals surface area (Å²) >= 11 is 1.57. The zero-order chi connectivity index (χ0) is 21.0. The van der Waals surface area contributed by atoms with E-state index in [-0.39, 0.29) is 5.91 Å². The van der Waals surface area contributed by atoms with Crippen LogP contribution in [0, 0.1) is 6.92 Å². The lowest BCUT2D eigenvalue weighted by Gasteiger charge is -2.09. The third-order valence-corrected chi connectivity index (χ3v) is 5.99. The topological polar surface area (TPSA) is 52.8 Å². The van der Waals surface area contributed by atoms with Crippen molar-refractivity contribution in [2.75, 3.05) is 14.2 Å². The first-order valence-electron chi connectivity index (χ1n) is 9.62. The van der Waals surface area contributed by atoms with Crippen LogP contribution >= 0.6 is 11.3 Å². The van der Waals surface area contributed by atoms with Crippen molar-refractivity contribution in [1.82, 2.24) is 4.57 Å². The van der Waals surface area contributed by atoms with Gasteiger partial charge in [0, 0.05) is 17.0 Å². The number of carbonyl (C=O) groups excluding carboxylic acids is 1. The Kier molecular flexibility index (Phi) is 6.54. The van der Waals surface area contributed by atoms with Gasteiger partial charge in [0.05, 0.1) is 19.9 Å². The van der Waals surface area contributed by atoms with Crippen LogP contribution in [-0.2, 0) is 13.0 Å². The fraction of sp³-hybridized carbons (Fsp3) is 0.304. The Morgan fingerprint density at radius 1 is 1.03 bits per heavy atom. The van der Waals surface area contributed by atoms with Crippen molar-refractivity contribution in [1.29, 1.82) is 0 Å². The van der Waals surface area contributed by atoms with Gasteiger partial charge in [0.1, 0.15) is 0 Å². The van der Waals surface area contributed by atoms with Crippen molar-refractivity contribution in [3.05, 3.63) is 63.3 Å². The lowest BCUT2D eigenvalue weighted by atomic mass is 10.1. The van der Waals surface area contributed by atoms with Crippen LogP contribution in [0.2, 0.25) is 0 Å². The molecule has 1 heterocycles. The van der Waals surface area contributed by atoms with Gasteiger partial charge in [0.15, 0.2) is 16.3 Å². The average molecular weight is 411 g/mol. The number of carbonyl (C=O) groups is 1. The first-order valence-corrected chi connectivity index (χ1v) is 10.4. The van der Waals surface area contributed by atoms with E-state index in [1.165, 1.54) is 10.4 Å². The number of hydrogen-bond donors (Lipinski definition) is 0. The molecule has 0 spiro atoms. The molecular weight excluding hydrogens is 384 g/mol. The molecule has 5 nitrogen and oxygen atoms in total. The fourth-order valence-corrected chi connectivity index (χ4v) is 4.37. The van der Waals surface area contributed by atoms with Crippen molar-refractivity contribution < 1.29 is 14.3 Å². The Balaban J connectivity index is 2.10. The number of rotatable bonds is 6. The zero-order valence-electron chi connectivity index (χ0n) is 17.5. The van der Waals surface area contributed by atoms with Gasteiger partial charge in [0.2, 0.25) is 0 Å². The normalized spacial score (nSPS) is 11.6. The second-order valence-electron chi connectivity index (χ2n) is 6.61. The number of benzene rings is 2. The summed E-state index contributed by atoms with van der Waals surface area (Å²) in [6, 6.07) is 13.6. The summed E-state index contributed by atoms with van der Waals surface area (Å²) in [5.74, 6) is 0.795. The van der Waals surface area contributed by atoms with E-state index in [1.54, 1.807) is 43.8 Å². The van der Waals surface area contributed by atoms with Crippen LogP contribution in [0.4, 0.5) is 0 Å². The van der Waals surface area contributed by atoms with Gasteiger partial charge in [-0.2, -0.15) is 4.99 Å². The molecule has 0 saturated heterocycles. The van der Waals surface area contributed by atoms with Crippen molar-refractivity contribution in [2.45, 2.75) is 33.7 Å². The minimum absolute atomic E-state index is 0.299. The van der Waals surface area contributed by atoms with Crippen LogP contribution in [0.15, 0.2) is 47.5 Å². The molecule has 1 amide bonds. The molecule has 0 N–H and O–H groups in total. The summed E-state index contributed by atoms with van der Waals surface area (Å²) in [5, 5.41) is 0. The molecule has 2 aromatic carbocycles. The predicted molar refractivity (Wildman–Crippen MR) is 117 cm³/mol. The quantitative estimate of drug-likeness (QED) is 0.583. The van der Waals surface area contributed by atoms with Gasteiger partial charge < -0.3 is 14.0 Å². The maximum Gasteiger partial charge on any atom is 0.279 e. The molecule has 1 aromatic heterocycles. The highest BCUT2D eigenvalue weighted by Gasteiger charge is 2.16. The minimum atomic E-state index is -0.299. The van der Waals surface area contributed by atoms with Gasteiger partial charge in [-0.25, -0.2) is 0 Å². The van der Waals surface area contributed by atoms with Crippen molar-refractivity contribution in [2.24, 2.45) is 4.99 Å². The number of aryl methyl sites for hydroxylation is 2. The Labute approximate surface area is 175 Å². The Morgan fingerprint density at radius 3 is 2.31 bits per heavy atom. The van der Waals surface area contributed by atoms with Crippen LogP contribution < -0.4 is 14.3 Å². The molecule has 29 heavy (non-hydrogen) atoms. The van der Waals surface area contributed by atoms with Crippen LogP contribution in [0.5, 0.6) is 11.5 Å². The molecule has 0 aliphatic heterocycles. The summed E-state index contributed by atoms with van der Waals surface area (Å²) in [5.41, 5.74) is 3.97. The second kappa shape index (κ2) is 9.09. The first kappa shape index (κ1) is 20.9. The molecule has 0 saturated carbocycles. The standard InChI is InChI=1S/C23H26N2O3S/c1-6-20-21(16-10-8-15(3)9-11-16)25(7-2)23(29-20)24-22(26)17-12-13-18(27-4)19(14-17)28-5/h8-14H,6-7H2,1-5H3.